The van der Waals surface area contributed by atoms with Gasteiger partial charge in [0, 0.05) is 5.56 Å². The maximum atomic E-state index is 13.3. The number of ether oxygens (including phenoxy) is 1. The zero-order chi connectivity index (χ0) is 20.3. The van der Waals surface area contributed by atoms with Gasteiger partial charge in [-0.2, -0.15) is 13.2 Å². The molecule has 3 rings (SSSR count). The number of nitrogens with zero attached hydrogens (tertiary/aromatic N) is 1. The van der Waals surface area contributed by atoms with Gasteiger partial charge < -0.3 is 14.9 Å². The fourth-order valence-electron chi connectivity index (χ4n) is 2.54. The van der Waals surface area contributed by atoms with Crippen molar-refractivity contribution in [1.82, 2.24) is 4.98 Å². The van der Waals surface area contributed by atoms with E-state index in [1.165, 1.54) is 0 Å². The van der Waals surface area contributed by atoms with E-state index in [1.54, 1.807) is 30.3 Å². The molecule has 1 aromatic heterocycles. The van der Waals surface area contributed by atoms with Crippen molar-refractivity contribution in [1.29, 1.82) is 0 Å². The normalized spacial score (nSPS) is 11.2. The van der Waals surface area contributed by atoms with Gasteiger partial charge in [0.05, 0.1) is 5.56 Å². The summed E-state index contributed by atoms with van der Waals surface area (Å²) in [5.74, 6) is -2.14. The molecule has 28 heavy (non-hydrogen) atoms. The minimum absolute atomic E-state index is 0.0941. The Morgan fingerprint density at radius 2 is 1.75 bits per heavy atom. The summed E-state index contributed by atoms with van der Waals surface area (Å²) in [6.45, 7) is -0.0953. The van der Waals surface area contributed by atoms with Gasteiger partial charge in [0.15, 0.2) is 0 Å². The predicted molar refractivity (Wildman–Crippen MR) is 94.1 cm³/mol. The summed E-state index contributed by atoms with van der Waals surface area (Å²) < 4.78 is 45.4. The fourth-order valence-corrected chi connectivity index (χ4v) is 2.54. The third-order valence-electron chi connectivity index (χ3n) is 3.89. The van der Waals surface area contributed by atoms with E-state index in [4.69, 9.17) is 9.84 Å². The quantitative estimate of drug-likeness (QED) is 0.658. The van der Waals surface area contributed by atoms with Crippen LogP contribution in [0.1, 0.15) is 21.6 Å². The first-order valence-electron chi connectivity index (χ1n) is 8.07. The van der Waals surface area contributed by atoms with Crippen LogP contribution in [-0.4, -0.2) is 21.2 Å². The molecule has 0 unspecified atom stereocenters. The number of carboxylic acids is 1. The molecule has 0 radical (unpaired) electrons. The zero-order valence-corrected chi connectivity index (χ0v) is 14.3. The monoisotopic (exact) mass is 389 g/mol. The summed E-state index contributed by atoms with van der Waals surface area (Å²) in [4.78, 5) is 14.9. The molecule has 8 heteroatoms. The SMILES string of the molecule is O=C(O)c1ccc(O)c(-c2ccc(C(F)(F)F)c(OCc3ccccc3)c2)n1. The highest BCUT2D eigenvalue weighted by molar-refractivity contribution is 5.86. The highest BCUT2D eigenvalue weighted by atomic mass is 19.4. The van der Waals surface area contributed by atoms with E-state index in [1.807, 2.05) is 0 Å². The molecule has 0 aliphatic rings. The van der Waals surface area contributed by atoms with Crippen LogP contribution < -0.4 is 4.74 Å². The van der Waals surface area contributed by atoms with E-state index in [9.17, 15) is 23.1 Å². The molecule has 144 valence electrons. The van der Waals surface area contributed by atoms with E-state index in [-0.39, 0.29) is 29.3 Å². The molecule has 0 bridgehead atoms. The number of hydrogen-bond acceptors (Lipinski definition) is 4. The lowest BCUT2D eigenvalue weighted by Crippen LogP contribution is -2.09. The van der Waals surface area contributed by atoms with Crippen LogP contribution in [-0.2, 0) is 12.8 Å². The van der Waals surface area contributed by atoms with Gasteiger partial charge in [-0.3, -0.25) is 0 Å². The molecule has 2 aromatic carbocycles. The molecule has 0 aliphatic heterocycles. The molecular weight excluding hydrogens is 375 g/mol. The summed E-state index contributed by atoms with van der Waals surface area (Å²) in [6, 6.07) is 13.9. The van der Waals surface area contributed by atoms with Crippen molar-refractivity contribution in [3.63, 3.8) is 0 Å². The lowest BCUT2D eigenvalue weighted by Gasteiger charge is -2.16. The maximum Gasteiger partial charge on any atom is 0.419 e. The molecule has 0 atom stereocenters. The molecular formula is C20H14F3NO4. The van der Waals surface area contributed by atoms with Crippen molar-refractivity contribution in [3.05, 3.63) is 77.5 Å². The Morgan fingerprint density at radius 1 is 1.04 bits per heavy atom. The summed E-state index contributed by atoms with van der Waals surface area (Å²) >= 11 is 0. The van der Waals surface area contributed by atoms with Gasteiger partial charge in [-0.1, -0.05) is 36.4 Å². The smallest absolute Gasteiger partial charge is 0.419 e. The number of pyridine rings is 1. The average molecular weight is 389 g/mol. The fraction of sp³-hybridized carbons (Fsp3) is 0.100. The summed E-state index contributed by atoms with van der Waals surface area (Å²) in [5, 5.41) is 19.0. The maximum absolute atomic E-state index is 13.3. The average Bonchev–Trinajstić information content (AvgIpc) is 2.66. The largest absolute Gasteiger partial charge is 0.506 e. The van der Waals surface area contributed by atoms with Crippen LogP contribution in [0.4, 0.5) is 13.2 Å². The number of carboxylic acid groups (broad SMARTS) is 1. The number of carbonyl (C=O) groups is 1. The number of halogens is 3. The second-order valence-corrected chi connectivity index (χ2v) is 5.85. The molecule has 0 amide bonds. The first kappa shape index (κ1) is 19.2. The van der Waals surface area contributed by atoms with Crippen molar-refractivity contribution in [2.45, 2.75) is 12.8 Å². The Kier molecular flexibility index (Phi) is 5.21. The molecule has 0 spiro atoms. The standard InChI is InChI=1S/C20H14F3NO4/c21-20(22,23)14-7-6-13(18-16(25)9-8-15(24-18)19(26)27)10-17(14)28-11-12-4-2-1-3-5-12/h1-10,25H,11H2,(H,26,27). The summed E-state index contributed by atoms with van der Waals surface area (Å²) in [6.07, 6.45) is -4.65. The predicted octanol–water partition coefficient (Wildman–Crippen LogP) is 4.75. The topological polar surface area (TPSA) is 79.7 Å². The van der Waals surface area contributed by atoms with Crippen molar-refractivity contribution < 1.29 is 32.9 Å². The molecule has 2 N–H and O–H groups in total. The van der Waals surface area contributed by atoms with Crippen LogP contribution in [0.3, 0.4) is 0 Å². The zero-order valence-electron chi connectivity index (χ0n) is 14.3. The molecule has 0 saturated heterocycles. The highest BCUT2D eigenvalue weighted by Crippen LogP contribution is 2.40. The Hall–Kier alpha value is -3.55. The molecule has 0 aliphatic carbocycles. The van der Waals surface area contributed by atoms with Gasteiger partial charge in [0.1, 0.15) is 29.5 Å². The molecule has 0 fully saturated rings. The Labute approximate surface area is 157 Å². The minimum atomic E-state index is -4.65. The minimum Gasteiger partial charge on any atom is -0.506 e. The molecule has 3 aromatic rings. The van der Waals surface area contributed by atoms with Gasteiger partial charge >= 0.3 is 12.1 Å². The number of aromatic carboxylic acids is 1. The van der Waals surface area contributed by atoms with E-state index >= 15 is 0 Å². The van der Waals surface area contributed by atoms with Crippen LogP contribution in [0, 0.1) is 0 Å². The lowest BCUT2D eigenvalue weighted by molar-refractivity contribution is -0.139. The second-order valence-electron chi connectivity index (χ2n) is 5.85. The van der Waals surface area contributed by atoms with Gasteiger partial charge in [-0.05, 0) is 29.8 Å². The number of hydrogen-bond donors (Lipinski definition) is 2. The lowest BCUT2D eigenvalue weighted by atomic mass is 10.1. The van der Waals surface area contributed by atoms with Gasteiger partial charge in [-0.25, -0.2) is 9.78 Å². The first-order chi connectivity index (χ1) is 13.3. The van der Waals surface area contributed by atoms with Crippen molar-refractivity contribution in [2.24, 2.45) is 0 Å². The van der Waals surface area contributed by atoms with Crippen molar-refractivity contribution >= 4 is 5.97 Å². The Balaban J connectivity index is 2.03. The number of rotatable bonds is 5. The molecule has 0 saturated carbocycles. The second kappa shape index (κ2) is 7.59. The van der Waals surface area contributed by atoms with E-state index < -0.39 is 23.5 Å². The highest BCUT2D eigenvalue weighted by Gasteiger charge is 2.34. The first-order valence-corrected chi connectivity index (χ1v) is 8.07. The van der Waals surface area contributed by atoms with Crippen LogP contribution in [0.15, 0.2) is 60.7 Å². The number of benzene rings is 2. The van der Waals surface area contributed by atoms with E-state index in [0.29, 0.717) is 5.56 Å². The number of aromatic hydroxyl groups is 1. The van der Waals surface area contributed by atoms with Crippen molar-refractivity contribution in [3.8, 4) is 22.8 Å². The van der Waals surface area contributed by atoms with Crippen LogP contribution in [0.25, 0.3) is 11.3 Å². The Morgan fingerprint density at radius 3 is 2.39 bits per heavy atom. The number of aromatic nitrogens is 1. The molecule has 5 nitrogen and oxygen atoms in total. The third-order valence-corrected chi connectivity index (χ3v) is 3.89. The van der Waals surface area contributed by atoms with Crippen LogP contribution in [0.2, 0.25) is 0 Å². The third kappa shape index (κ3) is 4.22. The van der Waals surface area contributed by atoms with E-state index in [0.717, 1.165) is 30.3 Å². The summed E-state index contributed by atoms with van der Waals surface area (Å²) in [7, 11) is 0. The molecule has 1 heterocycles. The van der Waals surface area contributed by atoms with Gasteiger partial charge in [0.2, 0.25) is 0 Å². The van der Waals surface area contributed by atoms with E-state index in [2.05, 4.69) is 4.98 Å². The van der Waals surface area contributed by atoms with Crippen LogP contribution in [0.5, 0.6) is 11.5 Å². The van der Waals surface area contributed by atoms with Crippen LogP contribution >= 0.6 is 0 Å². The Bertz CT molecular complexity index is 1000. The van der Waals surface area contributed by atoms with Gasteiger partial charge in [0.25, 0.3) is 0 Å². The number of alkyl halides is 3. The van der Waals surface area contributed by atoms with Gasteiger partial charge in [-0.15, -0.1) is 0 Å². The summed E-state index contributed by atoms with van der Waals surface area (Å²) in [5.41, 5.74) is -0.717. The van der Waals surface area contributed by atoms with Crippen molar-refractivity contribution in [2.75, 3.05) is 0 Å².